The van der Waals surface area contributed by atoms with Gasteiger partial charge in [0.15, 0.2) is 0 Å². The van der Waals surface area contributed by atoms with Crippen molar-refractivity contribution in [2.75, 3.05) is 20.6 Å². The third-order valence-corrected chi connectivity index (χ3v) is 2.12. The highest BCUT2D eigenvalue weighted by molar-refractivity contribution is 4.68. The lowest BCUT2D eigenvalue weighted by molar-refractivity contribution is 0.392. The molecule has 0 aliphatic rings. The van der Waals surface area contributed by atoms with Gasteiger partial charge in [-0.05, 0) is 39.4 Å². The van der Waals surface area contributed by atoms with Crippen LogP contribution in [0.4, 0.5) is 0 Å². The molecule has 0 aliphatic heterocycles. The lowest BCUT2D eigenvalue weighted by Crippen LogP contribution is -2.31. The molecule has 0 aromatic rings. The second kappa shape index (κ2) is 6.62. The summed E-state index contributed by atoms with van der Waals surface area (Å²) in [4.78, 5) is 0. The zero-order chi connectivity index (χ0) is 8.69. The summed E-state index contributed by atoms with van der Waals surface area (Å²) in [5.74, 6) is 0.747. The largest absolute Gasteiger partial charge is 0.320 e. The van der Waals surface area contributed by atoms with Gasteiger partial charge in [0.1, 0.15) is 0 Å². The van der Waals surface area contributed by atoms with Gasteiger partial charge >= 0.3 is 0 Å². The van der Waals surface area contributed by atoms with E-state index in [9.17, 15) is 0 Å². The van der Waals surface area contributed by atoms with E-state index in [0.29, 0.717) is 6.04 Å². The second-order valence-corrected chi connectivity index (χ2v) is 3.38. The first-order chi connectivity index (χ1) is 5.22. The van der Waals surface area contributed by atoms with Gasteiger partial charge in [0.2, 0.25) is 0 Å². The molecule has 0 aliphatic carbocycles. The van der Waals surface area contributed by atoms with Crippen molar-refractivity contribution < 1.29 is 0 Å². The first-order valence-corrected chi connectivity index (χ1v) is 4.54. The van der Waals surface area contributed by atoms with Gasteiger partial charge in [-0.2, -0.15) is 0 Å². The Hall–Kier alpha value is -0.0800. The van der Waals surface area contributed by atoms with Crippen LogP contribution < -0.4 is 10.6 Å². The number of nitrogens with one attached hydrogen (secondary N) is 2. The Morgan fingerprint density at radius 3 is 2.18 bits per heavy atom. The van der Waals surface area contributed by atoms with Gasteiger partial charge in [0, 0.05) is 6.04 Å². The van der Waals surface area contributed by atoms with Gasteiger partial charge in [0.05, 0.1) is 0 Å². The molecule has 0 rings (SSSR count). The molecule has 0 aromatic heterocycles. The Kier molecular flexibility index (Phi) is 6.57. The highest BCUT2D eigenvalue weighted by Crippen LogP contribution is 2.06. The molecule has 0 amide bonds. The molecule has 2 nitrogen and oxygen atoms in total. The van der Waals surface area contributed by atoms with Crippen LogP contribution in [0.1, 0.15) is 26.7 Å². The molecule has 1 atom stereocenters. The Balaban J connectivity index is 3.36. The first kappa shape index (κ1) is 10.9. The highest BCUT2D eigenvalue weighted by Gasteiger charge is 2.08. The molecular formula is C9H22N2. The second-order valence-electron chi connectivity index (χ2n) is 3.38. The molecule has 0 radical (unpaired) electrons. The van der Waals surface area contributed by atoms with Crippen LogP contribution in [0.15, 0.2) is 0 Å². The maximum atomic E-state index is 3.33. The molecule has 11 heavy (non-hydrogen) atoms. The summed E-state index contributed by atoms with van der Waals surface area (Å²) in [7, 11) is 4.05. The van der Waals surface area contributed by atoms with Gasteiger partial charge in [-0.25, -0.2) is 0 Å². The summed E-state index contributed by atoms with van der Waals surface area (Å²) < 4.78 is 0. The van der Waals surface area contributed by atoms with Gasteiger partial charge in [-0.1, -0.05) is 13.8 Å². The zero-order valence-electron chi connectivity index (χ0n) is 8.28. The summed E-state index contributed by atoms with van der Waals surface area (Å²) in [6.45, 7) is 5.66. The molecule has 0 bridgehead atoms. The fraction of sp³-hybridized carbons (Fsp3) is 1.00. The zero-order valence-corrected chi connectivity index (χ0v) is 8.28. The predicted octanol–water partition coefficient (Wildman–Crippen LogP) is 1.23. The minimum Gasteiger partial charge on any atom is -0.320 e. The van der Waals surface area contributed by atoms with E-state index >= 15 is 0 Å². The van der Waals surface area contributed by atoms with E-state index in [1.807, 2.05) is 14.1 Å². The number of hydrogen-bond acceptors (Lipinski definition) is 2. The quantitative estimate of drug-likeness (QED) is 0.568. The first-order valence-electron chi connectivity index (χ1n) is 4.54. The Morgan fingerprint density at radius 1 is 1.18 bits per heavy atom. The van der Waals surface area contributed by atoms with E-state index in [2.05, 4.69) is 24.5 Å². The lowest BCUT2D eigenvalue weighted by Gasteiger charge is -2.19. The average Bonchev–Trinajstić information content (AvgIpc) is 1.97. The van der Waals surface area contributed by atoms with E-state index < -0.39 is 0 Å². The van der Waals surface area contributed by atoms with Gasteiger partial charge in [-0.15, -0.1) is 0 Å². The molecule has 2 N–H and O–H groups in total. The molecule has 0 aromatic carbocycles. The molecule has 2 heteroatoms. The van der Waals surface area contributed by atoms with E-state index in [1.165, 1.54) is 12.8 Å². The summed E-state index contributed by atoms with van der Waals surface area (Å²) in [6.07, 6.45) is 2.54. The van der Waals surface area contributed by atoms with Gasteiger partial charge in [-0.3, -0.25) is 0 Å². The average molecular weight is 158 g/mol. The SMILES string of the molecule is CNCCCC(NC)C(C)C. The van der Waals surface area contributed by atoms with E-state index in [1.54, 1.807) is 0 Å². The van der Waals surface area contributed by atoms with Crippen molar-refractivity contribution in [1.29, 1.82) is 0 Å². The molecular weight excluding hydrogens is 136 g/mol. The normalized spacial score (nSPS) is 13.9. The van der Waals surface area contributed by atoms with E-state index in [-0.39, 0.29) is 0 Å². The van der Waals surface area contributed by atoms with Crippen molar-refractivity contribution in [3.63, 3.8) is 0 Å². The fourth-order valence-electron chi connectivity index (χ4n) is 1.31. The lowest BCUT2D eigenvalue weighted by atomic mass is 10.00. The standard InChI is InChI=1S/C9H22N2/c1-8(2)9(11-4)6-5-7-10-3/h8-11H,5-7H2,1-4H3. The van der Waals surface area contributed by atoms with Crippen LogP contribution >= 0.6 is 0 Å². The van der Waals surface area contributed by atoms with Crippen molar-refractivity contribution in [3.8, 4) is 0 Å². The smallest absolute Gasteiger partial charge is 0.00875 e. The monoisotopic (exact) mass is 158 g/mol. The van der Waals surface area contributed by atoms with Crippen LogP contribution in [-0.2, 0) is 0 Å². The highest BCUT2D eigenvalue weighted by atomic mass is 14.9. The predicted molar refractivity (Wildman–Crippen MR) is 50.8 cm³/mol. The summed E-state index contributed by atoms with van der Waals surface area (Å²) in [5.41, 5.74) is 0. The van der Waals surface area contributed by atoms with Crippen LogP contribution in [0, 0.1) is 5.92 Å². The van der Waals surface area contributed by atoms with Gasteiger partial charge in [0.25, 0.3) is 0 Å². The van der Waals surface area contributed by atoms with Crippen LogP contribution in [-0.4, -0.2) is 26.7 Å². The summed E-state index contributed by atoms with van der Waals surface area (Å²) in [6, 6.07) is 0.684. The van der Waals surface area contributed by atoms with E-state index in [4.69, 9.17) is 0 Å². The minimum atomic E-state index is 0.684. The van der Waals surface area contributed by atoms with Crippen LogP contribution in [0.3, 0.4) is 0 Å². The van der Waals surface area contributed by atoms with Crippen molar-refractivity contribution in [3.05, 3.63) is 0 Å². The minimum absolute atomic E-state index is 0.684. The molecule has 0 fully saturated rings. The topological polar surface area (TPSA) is 24.1 Å². The van der Waals surface area contributed by atoms with Crippen molar-refractivity contribution in [2.45, 2.75) is 32.7 Å². The Bertz CT molecular complexity index is 81.6. The van der Waals surface area contributed by atoms with Crippen molar-refractivity contribution in [1.82, 2.24) is 10.6 Å². The Morgan fingerprint density at radius 2 is 1.82 bits per heavy atom. The molecule has 0 saturated heterocycles. The molecule has 68 valence electrons. The van der Waals surface area contributed by atoms with Gasteiger partial charge < -0.3 is 10.6 Å². The van der Waals surface area contributed by atoms with Crippen LogP contribution in [0.2, 0.25) is 0 Å². The molecule has 0 saturated carbocycles. The fourth-order valence-corrected chi connectivity index (χ4v) is 1.31. The maximum Gasteiger partial charge on any atom is 0.00875 e. The summed E-state index contributed by atoms with van der Waals surface area (Å²) in [5, 5.41) is 6.49. The van der Waals surface area contributed by atoms with Crippen molar-refractivity contribution >= 4 is 0 Å². The van der Waals surface area contributed by atoms with Crippen LogP contribution in [0.5, 0.6) is 0 Å². The van der Waals surface area contributed by atoms with Crippen LogP contribution in [0.25, 0.3) is 0 Å². The molecule has 0 spiro atoms. The summed E-state index contributed by atoms with van der Waals surface area (Å²) >= 11 is 0. The molecule has 1 unspecified atom stereocenters. The third-order valence-electron chi connectivity index (χ3n) is 2.12. The maximum absolute atomic E-state index is 3.33. The van der Waals surface area contributed by atoms with Crippen molar-refractivity contribution in [2.24, 2.45) is 5.92 Å². The Labute approximate surface area is 70.8 Å². The number of rotatable bonds is 6. The molecule has 0 heterocycles. The number of hydrogen-bond donors (Lipinski definition) is 2. The van der Waals surface area contributed by atoms with E-state index in [0.717, 1.165) is 12.5 Å². The third kappa shape index (κ3) is 5.22.